The monoisotopic (exact) mass is 406 g/mol. The summed E-state index contributed by atoms with van der Waals surface area (Å²) in [4.78, 5) is 16.2. The van der Waals surface area contributed by atoms with Crippen molar-refractivity contribution in [1.82, 2.24) is 10.0 Å². The third-order valence-corrected chi connectivity index (χ3v) is 6.52. The number of hydrogen-bond donors (Lipinski definition) is 1. The van der Waals surface area contributed by atoms with Crippen LogP contribution in [0.5, 0.6) is 5.75 Å². The van der Waals surface area contributed by atoms with Gasteiger partial charge < -0.3 is 4.74 Å². The minimum absolute atomic E-state index is 0.198. The smallest absolute Gasteiger partial charge is 0.233 e. The second kappa shape index (κ2) is 8.03. The molecule has 0 saturated heterocycles. The Morgan fingerprint density at radius 2 is 2.04 bits per heavy atom. The Labute approximate surface area is 160 Å². The van der Waals surface area contributed by atoms with E-state index in [1.807, 2.05) is 11.4 Å². The molecule has 0 radical (unpaired) electrons. The molecule has 1 unspecified atom stereocenters. The first-order chi connectivity index (χ1) is 12.9. The number of amides is 1. The Morgan fingerprint density at radius 1 is 1.30 bits per heavy atom. The first-order valence-corrected chi connectivity index (χ1v) is 10.7. The maximum atomic E-state index is 12.7. The zero-order valence-corrected chi connectivity index (χ0v) is 16.1. The molecule has 1 N–H and O–H groups in total. The van der Waals surface area contributed by atoms with E-state index in [0.717, 1.165) is 10.2 Å². The Hall–Kier alpha value is -2.49. The molecule has 0 bridgehead atoms. The van der Waals surface area contributed by atoms with Gasteiger partial charge in [0.25, 0.3) is 0 Å². The van der Waals surface area contributed by atoms with Crippen LogP contribution in [0, 0.1) is 0 Å². The molecule has 0 aliphatic rings. The number of methoxy groups -OCH3 is 1. The lowest BCUT2D eigenvalue weighted by atomic mass is 10.1. The second-order valence-corrected chi connectivity index (χ2v) is 8.99. The van der Waals surface area contributed by atoms with Crippen LogP contribution < -0.4 is 4.74 Å². The quantitative estimate of drug-likeness (QED) is 0.351. The summed E-state index contributed by atoms with van der Waals surface area (Å²) in [6.07, 6.45) is 1.73. The van der Waals surface area contributed by atoms with Crippen LogP contribution in [0.3, 0.4) is 0 Å². The summed E-state index contributed by atoms with van der Waals surface area (Å²) in [5.74, 6) is -0.0624. The third-order valence-electron chi connectivity index (χ3n) is 4.09. The highest BCUT2D eigenvalue weighted by Crippen LogP contribution is 2.25. The van der Waals surface area contributed by atoms with E-state index >= 15 is 0 Å². The van der Waals surface area contributed by atoms with E-state index < -0.39 is 21.6 Å². The van der Waals surface area contributed by atoms with Crippen LogP contribution in [0.15, 0.2) is 48.0 Å². The molecule has 1 aromatic carbocycles. The van der Waals surface area contributed by atoms with Crippen molar-refractivity contribution in [3.05, 3.63) is 59.1 Å². The molecule has 3 rings (SSSR count). The first-order valence-electron chi connectivity index (χ1n) is 8.01. The highest BCUT2D eigenvalue weighted by atomic mass is 32.2. The predicted molar refractivity (Wildman–Crippen MR) is 103 cm³/mol. The Balaban J connectivity index is 1.83. The molecule has 0 spiro atoms. The number of carbonyl (C=O) groups is 1. The number of aromatic nitrogens is 1. The number of nitrogens with zero attached hydrogens (tertiary/aromatic N) is 2. The van der Waals surface area contributed by atoms with Crippen molar-refractivity contribution in [2.24, 2.45) is 0 Å². The van der Waals surface area contributed by atoms with Crippen LogP contribution in [0.4, 0.5) is 0 Å². The average Bonchev–Trinajstić information content (AvgIpc) is 3.13. The normalized spacial score (nSPS) is 12.7. The summed E-state index contributed by atoms with van der Waals surface area (Å²) < 4.78 is 30.5. The Bertz CT molecular complexity index is 1030. The SMILES string of the molecule is COc1ccc(C(CS(=O)(=O)Cc2cnc3sccc3c2)N(O)C=O)cc1. The van der Waals surface area contributed by atoms with Crippen LogP contribution >= 0.6 is 11.3 Å². The molecule has 2 heterocycles. The van der Waals surface area contributed by atoms with Crippen molar-refractivity contribution < 1.29 is 23.2 Å². The molecule has 1 amide bonds. The number of pyridine rings is 1. The molecule has 0 saturated carbocycles. The number of hydroxylamine groups is 2. The van der Waals surface area contributed by atoms with Crippen LogP contribution in [0.25, 0.3) is 10.2 Å². The molecule has 0 aliphatic carbocycles. The van der Waals surface area contributed by atoms with E-state index in [1.165, 1.54) is 24.6 Å². The number of sulfone groups is 1. The van der Waals surface area contributed by atoms with Crippen LogP contribution in [0.2, 0.25) is 0 Å². The van der Waals surface area contributed by atoms with Gasteiger partial charge in [0.15, 0.2) is 9.84 Å². The highest BCUT2D eigenvalue weighted by molar-refractivity contribution is 7.90. The van der Waals surface area contributed by atoms with E-state index in [9.17, 15) is 18.4 Å². The lowest BCUT2D eigenvalue weighted by Gasteiger charge is -2.23. The molecule has 0 aliphatic heterocycles. The topological polar surface area (TPSA) is 96.8 Å². The fraction of sp³-hybridized carbons (Fsp3) is 0.222. The molecular formula is C18H18N2O5S2. The summed E-state index contributed by atoms with van der Waals surface area (Å²) in [6.45, 7) is 0. The molecule has 142 valence electrons. The number of ether oxygens (including phenoxy) is 1. The summed E-state index contributed by atoms with van der Waals surface area (Å²) in [5, 5.41) is 13.1. The van der Waals surface area contributed by atoms with Gasteiger partial charge in [0.05, 0.1) is 24.7 Å². The lowest BCUT2D eigenvalue weighted by molar-refractivity contribution is -0.158. The van der Waals surface area contributed by atoms with Crippen LogP contribution in [0.1, 0.15) is 17.2 Å². The van der Waals surface area contributed by atoms with Crippen molar-refractivity contribution in [2.45, 2.75) is 11.8 Å². The van der Waals surface area contributed by atoms with Gasteiger partial charge in [-0.3, -0.25) is 10.0 Å². The fourth-order valence-electron chi connectivity index (χ4n) is 2.76. The molecule has 1 atom stereocenters. The predicted octanol–water partition coefficient (Wildman–Crippen LogP) is 2.81. The van der Waals surface area contributed by atoms with Crippen LogP contribution in [-0.2, 0) is 20.4 Å². The second-order valence-electron chi connectivity index (χ2n) is 5.99. The van der Waals surface area contributed by atoms with Gasteiger partial charge in [-0.1, -0.05) is 12.1 Å². The molecule has 2 aromatic heterocycles. The zero-order valence-electron chi connectivity index (χ0n) is 14.5. The van der Waals surface area contributed by atoms with E-state index in [0.29, 0.717) is 21.9 Å². The number of thiophene rings is 1. The van der Waals surface area contributed by atoms with Crippen molar-refractivity contribution >= 4 is 37.8 Å². The van der Waals surface area contributed by atoms with Gasteiger partial charge in [-0.05, 0) is 40.8 Å². The average molecular weight is 406 g/mol. The van der Waals surface area contributed by atoms with Gasteiger partial charge in [0.2, 0.25) is 6.41 Å². The first kappa shape index (κ1) is 19.3. The minimum atomic E-state index is -3.63. The molecule has 9 heteroatoms. The summed E-state index contributed by atoms with van der Waals surface area (Å²) in [6, 6.07) is 9.16. The van der Waals surface area contributed by atoms with Gasteiger partial charge >= 0.3 is 0 Å². The molecule has 3 aromatic rings. The summed E-state index contributed by atoms with van der Waals surface area (Å²) >= 11 is 1.48. The van der Waals surface area contributed by atoms with Crippen molar-refractivity contribution in [3.63, 3.8) is 0 Å². The highest BCUT2D eigenvalue weighted by Gasteiger charge is 2.26. The summed E-state index contributed by atoms with van der Waals surface area (Å²) in [5.41, 5.74) is 1.05. The van der Waals surface area contributed by atoms with Crippen molar-refractivity contribution in [2.75, 3.05) is 12.9 Å². The van der Waals surface area contributed by atoms with Gasteiger partial charge in [-0.25, -0.2) is 18.5 Å². The molecule has 0 fully saturated rings. The van der Waals surface area contributed by atoms with E-state index in [1.54, 1.807) is 30.3 Å². The van der Waals surface area contributed by atoms with Crippen molar-refractivity contribution in [3.8, 4) is 5.75 Å². The maximum absolute atomic E-state index is 12.7. The number of benzene rings is 1. The zero-order chi connectivity index (χ0) is 19.4. The molecular weight excluding hydrogens is 388 g/mol. The van der Waals surface area contributed by atoms with Gasteiger partial charge in [-0.2, -0.15) is 0 Å². The van der Waals surface area contributed by atoms with E-state index in [4.69, 9.17) is 4.74 Å². The number of carbonyl (C=O) groups excluding carboxylic acids is 1. The lowest BCUT2D eigenvalue weighted by Crippen LogP contribution is -2.30. The summed E-state index contributed by atoms with van der Waals surface area (Å²) in [7, 11) is -2.12. The van der Waals surface area contributed by atoms with Crippen molar-refractivity contribution in [1.29, 1.82) is 0 Å². The Morgan fingerprint density at radius 3 is 2.70 bits per heavy atom. The third kappa shape index (κ3) is 4.62. The Kier molecular flexibility index (Phi) is 5.73. The fourth-order valence-corrected chi connectivity index (χ4v) is 5.09. The molecule has 27 heavy (non-hydrogen) atoms. The van der Waals surface area contributed by atoms with E-state index in [-0.39, 0.29) is 12.2 Å². The number of fused-ring (bicyclic) bond motifs is 1. The molecule has 7 nitrogen and oxygen atoms in total. The van der Waals surface area contributed by atoms with Crippen LogP contribution in [-0.4, -0.2) is 42.9 Å². The van der Waals surface area contributed by atoms with E-state index in [2.05, 4.69) is 4.98 Å². The number of rotatable bonds is 8. The standard InChI is InChI=1S/C18H18N2O5S2/c1-25-16-4-2-14(3-5-16)17(20(22)12-21)11-27(23,24)10-13-8-15-6-7-26-18(15)19-9-13/h2-9,12,17,22H,10-11H2,1H3. The maximum Gasteiger partial charge on any atom is 0.233 e. The van der Waals surface area contributed by atoms with Gasteiger partial charge in [0, 0.05) is 11.6 Å². The van der Waals surface area contributed by atoms with Gasteiger partial charge in [-0.15, -0.1) is 11.3 Å². The largest absolute Gasteiger partial charge is 0.497 e. The number of hydrogen-bond acceptors (Lipinski definition) is 7. The minimum Gasteiger partial charge on any atom is -0.497 e. The van der Waals surface area contributed by atoms with Gasteiger partial charge in [0.1, 0.15) is 10.6 Å².